The molecule has 0 spiro atoms. The normalized spacial score (nSPS) is 10.3. The number of aromatic nitrogens is 1. The lowest BCUT2D eigenvalue weighted by Crippen LogP contribution is -1.82. The Hall–Kier alpha value is -3.70. The van der Waals surface area contributed by atoms with Gasteiger partial charge in [-0.1, -0.05) is 72.8 Å². The van der Waals surface area contributed by atoms with Crippen molar-refractivity contribution in [2.24, 2.45) is 0 Å². The molecular weight excluding hydrogens is 316 g/mol. The molecule has 3 aromatic carbocycles. The quantitative estimate of drug-likeness (QED) is 0.385. The van der Waals surface area contributed by atoms with E-state index in [1.807, 2.05) is 48.8 Å². The molecule has 1 aromatic heterocycles. The number of rotatable bonds is 3. The lowest BCUT2D eigenvalue weighted by molar-refractivity contribution is 1.33. The molecule has 0 fully saturated rings. The Labute approximate surface area is 153 Å². The van der Waals surface area contributed by atoms with Crippen LogP contribution in [0.25, 0.3) is 38.2 Å². The SMILES string of the molecule is [C-]#[N+]c1ccc(-c2ccc(-c3ccc(-c4ccncc4)cc3)cc2)cc1. The van der Waals surface area contributed by atoms with Crippen molar-refractivity contribution < 1.29 is 0 Å². The van der Waals surface area contributed by atoms with Gasteiger partial charge in [-0.15, -0.1) is 0 Å². The van der Waals surface area contributed by atoms with Crippen LogP contribution in [0, 0.1) is 6.57 Å². The van der Waals surface area contributed by atoms with E-state index in [0.717, 1.165) is 11.1 Å². The summed E-state index contributed by atoms with van der Waals surface area (Å²) in [5, 5.41) is 0. The zero-order chi connectivity index (χ0) is 17.8. The molecule has 0 aliphatic rings. The van der Waals surface area contributed by atoms with Crippen LogP contribution in [0.5, 0.6) is 0 Å². The molecule has 122 valence electrons. The fraction of sp³-hybridized carbons (Fsp3) is 0. The summed E-state index contributed by atoms with van der Waals surface area (Å²) in [6.45, 7) is 7.03. The van der Waals surface area contributed by atoms with Gasteiger partial charge in [0.05, 0.1) is 6.57 Å². The van der Waals surface area contributed by atoms with Crippen LogP contribution in [0.1, 0.15) is 0 Å². The first-order chi connectivity index (χ1) is 12.8. The van der Waals surface area contributed by atoms with Gasteiger partial charge in [-0.05, 0) is 45.5 Å². The molecule has 0 unspecified atom stereocenters. The van der Waals surface area contributed by atoms with Gasteiger partial charge in [0.1, 0.15) is 0 Å². The standard InChI is InChI=1S/C24H16N2/c1-25-24-12-10-22(11-13-24)20-4-2-18(3-5-20)19-6-8-21(9-7-19)23-14-16-26-17-15-23/h2-17H. The fourth-order valence-electron chi connectivity index (χ4n) is 2.98. The molecule has 4 rings (SSSR count). The van der Waals surface area contributed by atoms with E-state index in [1.54, 1.807) is 0 Å². The minimum Gasteiger partial charge on any atom is -0.265 e. The maximum atomic E-state index is 7.03. The summed E-state index contributed by atoms with van der Waals surface area (Å²) in [7, 11) is 0. The summed E-state index contributed by atoms with van der Waals surface area (Å²) in [5.41, 5.74) is 7.68. The lowest BCUT2D eigenvalue weighted by Gasteiger charge is -2.07. The van der Waals surface area contributed by atoms with E-state index in [-0.39, 0.29) is 0 Å². The molecule has 0 aliphatic carbocycles. The van der Waals surface area contributed by atoms with Gasteiger partial charge in [0.2, 0.25) is 0 Å². The Balaban J connectivity index is 1.57. The second-order valence-corrected chi connectivity index (χ2v) is 6.05. The third kappa shape index (κ3) is 3.24. The van der Waals surface area contributed by atoms with E-state index in [0.29, 0.717) is 5.69 Å². The number of hydrogen-bond acceptors (Lipinski definition) is 1. The Bertz CT molecular complexity index is 1040. The topological polar surface area (TPSA) is 17.2 Å². The van der Waals surface area contributed by atoms with Crippen molar-refractivity contribution in [1.29, 1.82) is 0 Å². The monoisotopic (exact) mass is 332 g/mol. The van der Waals surface area contributed by atoms with E-state index >= 15 is 0 Å². The molecule has 2 heteroatoms. The number of pyridine rings is 1. The van der Waals surface area contributed by atoms with Crippen LogP contribution in [0.15, 0.2) is 97.3 Å². The predicted molar refractivity (Wildman–Crippen MR) is 107 cm³/mol. The summed E-state index contributed by atoms with van der Waals surface area (Å²) in [5.74, 6) is 0. The Morgan fingerprint density at radius 2 is 0.769 bits per heavy atom. The third-order valence-corrected chi connectivity index (χ3v) is 4.45. The van der Waals surface area contributed by atoms with E-state index in [4.69, 9.17) is 6.57 Å². The molecule has 0 N–H and O–H groups in total. The largest absolute Gasteiger partial charge is 0.265 e. The second-order valence-electron chi connectivity index (χ2n) is 6.05. The third-order valence-electron chi connectivity index (χ3n) is 4.45. The van der Waals surface area contributed by atoms with Crippen LogP contribution in [0.2, 0.25) is 0 Å². The molecule has 0 bridgehead atoms. The Morgan fingerprint density at radius 1 is 0.462 bits per heavy atom. The molecular formula is C24H16N2. The van der Waals surface area contributed by atoms with Crippen molar-refractivity contribution in [3.63, 3.8) is 0 Å². The summed E-state index contributed by atoms with van der Waals surface area (Å²) >= 11 is 0. The van der Waals surface area contributed by atoms with Gasteiger partial charge in [0.25, 0.3) is 0 Å². The summed E-state index contributed by atoms with van der Waals surface area (Å²) in [6.07, 6.45) is 3.62. The Kier molecular flexibility index (Phi) is 4.28. The van der Waals surface area contributed by atoms with E-state index in [9.17, 15) is 0 Å². The van der Waals surface area contributed by atoms with E-state index in [1.165, 1.54) is 22.3 Å². The molecule has 0 atom stereocenters. The van der Waals surface area contributed by atoms with Crippen LogP contribution >= 0.6 is 0 Å². The van der Waals surface area contributed by atoms with Crippen molar-refractivity contribution >= 4 is 5.69 Å². The number of benzene rings is 3. The highest BCUT2D eigenvalue weighted by atomic mass is 14.6. The number of hydrogen-bond donors (Lipinski definition) is 0. The van der Waals surface area contributed by atoms with Gasteiger partial charge in [-0.25, -0.2) is 4.85 Å². The average molecular weight is 332 g/mol. The first-order valence-electron chi connectivity index (χ1n) is 8.42. The van der Waals surface area contributed by atoms with Crippen molar-refractivity contribution in [2.45, 2.75) is 0 Å². The van der Waals surface area contributed by atoms with Crippen molar-refractivity contribution in [1.82, 2.24) is 4.98 Å². The predicted octanol–water partition coefficient (Wildman–Crippen LogP) is 6.63. The summed E-state index contributed by atoms with van der Waals surface area (Å²) in [6, 6.07) is 28.8. The fourth-order valence-corrected chi connectivity index (χ4v) is 2.98. The minimum absolute atomic E-state index is 0.666. The molecule has 2 nitrogen and oxygen atoms in total. The van der Waals surface area contributed by atoms with Crippen molar-refractivity contribution in [2.75, 3.05) is 0 Å². The maximum absolute atomic E-state index is 7.03. The molecule has 0 saturated heterocycles. The van der Waals surface area contributed by atoms with Crippen molar-refractivity contribution in [3.8, 4) is 33.4 Å². The average Bonchev–Trinajstić information content (AvgIpc) is 2.75. The molecule has 0 saturated carbocycles. The van der Waals surface area contributed by atoms with Crippen LogP contribution in [0.3, 0.4) is 0 Å². The van der Waals surface area contributed by atoms with Crippen molar-refractivity contribution in [3.05, 3.63) is 109 Å². The van der Waals surface area contributed by atoms with Crippen LogP contribution in [-0.2, 0) is 0 Å². The molecule has 1 heterocycles. The van der Waals surface area contributed by atoms with Gasteiger partial charge in [-0.2, -0.15) is 0 Å². The highest BCUT2D eigenvalue weighted by Crippen LogP contribution is 2.28. The van der Waals surface area contributed by atoms with Gasteiger partial charge < -0.3 is 0 Å². The minimum atomic E-state index is 0.666. The van der Waals surface area contributed by atoms with Gasteiger partial charge >= 0.3 is 0 Å². The van der Waals surface area contributed by atoms with Gasteiger partial charge in [0.15, 0.2) is 5.69 Å². The summed E-state index contributed by atoms with van der Waals surface area (Å²) < 4.78 is 0. The zero-order valence-electron chi connectivity index (χ0n) is 14.1. The van der Waals surface area contributed by atoms with Crippen LogP contribution in [0.4, 0.5) is 5.69 Å². The smallest absolute Gasteiger partial charge is 0.187 e. The first-order valence-corrected chi connectivity index (χ1v) is 8.42. The second kappa shape index (κ2) is 7.04. The Morgan fingerprint density at radius 3 is 1.12 bits per heavy atom. The molecule has 0 aliphatic heterocycles. The summed E-state index contributed by atoms with van der Waals surface area (Å²) in [4.78, 5) is 7.50. The highest BCUT2D eigenvalue weighted by molar-refractivity contribution is 5.73. The van der Waals surface area contributed by atoms with Crippen LogP contribution < -0.4 is 0 Å². The number of nitrogens with zero attached hydrogens (tertiary/aromatic N) is 2. The highest BCUT2D eigenvalue weighted by Gasteiger charge is 2.02. The first kappa shape index (κ1) is 15.8. The van der Waals surface area contributed by atoms with Gasteiger partial charge in [-0.3, -0.25) is 4.98 Å². The van der Waals surface area contributed by atoms with E-state index < -0.39 is 0 Å². The maximum Gasteiger partial charge on any atom is 0.187 e. The molecule has 4 aromatic rings. The zero-order valence-corrected chi connectivity index (χ0v) is 14.1. The van der Waals surface area contributed by atoms with Crippen LogP contribution in [-0.4, -0.2) is 4.98 Å². The lowest BCUT2D eigenvalue weighted by atomic mass is 9.98. The van der Waals surface area contributed by atoms with Gasteiger partial charge in [0, 0.05) is 12.4 Å². The molecule has 26 heavy (non-hydrogen) atoms. The molecule has 0 radical (unpaired) electrons. The molecule has 0 amide bonds. The van der Waals surface area contributed by atoms with E-state index in [2.05, 4.69) is 58.4 Å².